The number of nitrogens with zero attached hydrogens (tertiary/aromatic N) is 3. The molecule has 0 spiro atoms. The largest absolute Gasteiger partial charge is 0.356 e. The zero-order valence-electron chi connectivity index (χ0n) is 14.3. The lowest BCUT2D eigenvalue weighted by Crippen LogP contribution is -2.39. The van der Waals surface area contributed by atoms with Crippen LogP contribution >= 0.6 is 0 Å². The van der Waals surface area contributed by atoms with Gasteiger partial charge in [0.2, 0.25) is 0 Å². The highest BCUT2D eigenvalue weighted by Crippen LogP contribution is 2.37. The summed E-state index contributed by atoms with van der Waals surface area (Å²) in [5.41, 5.74) is 1.47. The Kier molecular flexibility index (Phi) is 5.35. The highest BCUT2D eigenvalue weighted by atomic mass is 15.2. The standard InChI is InChI=1S/C19H31N3/c1-16(2)22-15-8-5-11-18(22)17-10-9-12-20-19(17)21-13-6-3-4-7-14-21/h9-10,12,16,18H,3-8,11,13-15H2,1-2H3/t18-/m1/s1. The maximum Gasteiger partial charge on any atom is 0.133 e. The molecule has 22 heavy (non-hydrogen) atoms. The number of likely N-dealkylation sites (tertiary alicyclic amines) is 1. The fourth-order valence-corrected chi connectivity index (χ4v) is 4.12. The van der Waals surface area contributed by atoms with E-state index in [4.69, 9.17) is 4.98 Å². The molecule has 0 unspecified atom stereocenters. The molecule has 3 nitrogen and oxygen atoms in total. The van der Waals surface area contributed by atoms with Crippen LogP contribution in [0.1, 0.15) is 70.4 Å². The maximum absolute atomic E-state index is 4.81. The fraction of sp³-hybridized carbons (Fsp3) is 0.737. The van der Waals surface area contributed by atoms with Crippen molar-refractivity contribution in [2.45, 2.75) is 70.9 Å². The molecule has 122 valence electrons. The van der Waals surface area contributed by atoms with Gasteiger partial charge in [0.05, 0.1) is 0 Å². The average molecular weight is 301 g/mol. The zero-order valence-corrected chi connectivity index (χ0v) is 14.3. The predicted octanol–water partition coefficient (Wildman–Crippen LogP) is 4.40. The van der Waals surface area contributed by atoms with E-state index in [0.717, 1.165) is 0 Å². The van der Waals surface area contributed by atoms with Crippen LogP contribution in [-0.4, -0.2) is 35.6 Å². The first-order valence-corrected chi connectivity index (χ1v) is 9.23. The Morgan fingerprint density at radius 3 is 2.45 bits per heavy atom. The number of anilines is 1. The van der Waals surface area contributed by atoms with Crippen molar-refractivity contribution in [3.05, 3.63) is 23.9 Å². The highest BCUT2D eigenvalue weighted by Gasteiger charge is 2.29. The summed E-state index contributed by atoms with van der Waals surface area (Å²) in [4.78, 5) is 10.0. The third-order valence-electron chi connectivity index (χ3n) is 5.29. The number of hydrogen-bond acceptors (Lipinski definition) is 3. The van der Waals surface area contributed by atoms with Crippen molar-refractivity contribution in [1.29, 1.82) is 0 Å². The van der Waals surface area contributed by atoms with Gasteiger partial charge in [0, 0.05) is 36.9 Å². The van der Waals surface area contributed by atoms with Gasteiger partial charge in [0.15, 0.2) is 0 Å². The molecule has 0 aromatic carbocycles. The van der Waals surface area contributed by atoms with Crippen LogP contribution in [0, 0.1) is 0 Å². The summed E-state index contributed by atoms with van der Waals surface area (Å²) in [5.74, 6) is 1.27. The number of aromatic nitrogens is 1. The normalized spacial score (nSPS) is 24.5. The molecule has 0 bridgehead atoms. The fourth-order valence-electron chi connectivity index (χ4n) is 4.12. The average Bonchev–Trinajstić information content (AvgIpc) is 2.84. The van der Waals surface area contributed by atoms with Gasteiger partial charge < -0.3 is 4.90 Å². The minimum Gasteiger partial charge on any atom is -0.356 e. The Bertz CT molecular complexity index is 464. The first-order valence-electron chi connectivity index (χ1n) is 9.23. The molecule has 0 radical (unpaired) electrons. The Labute approximate surface area is 135 Å². The van der Waals surface area contributed by atoms with Crippen LogP contribution in [0.5, 0.6) is 0 Å². The Balaban J connectivity index is 1.89. The summed E-state index contributed by atoms with van der Waals surface area (Å²) in [7, 11) is 0. The van der Waals surface area contributed by atoms with Crippen molar-refractivity contribution in [2.75, 3.05) is 24.5 Å². The van der Waals surface area contributed by atoms with Gasteiger partial charge in [-0.2, -0.15) is 0 Å². The van der Waals surface area contributed by atoms with Gasteiger partial charge >= 0.3 is 0 Å². The number of rotatable bonds is 3. The summed E-state index contributed by atoms with van der Waals surface area (Å²) in [6.45, 7) is 8.26. The van der Waals surface area contributed by atoms with Gasteiger partial charge in [-0.05, 0) is 52.1 Å². The molecule has 1 aromatic rings. The lowest BCUT2D eigenvalue weighted by Gasteiger charge is -2.40. The molecule has 2 fully saturated rings. The van der Waals surface area contributed by atoms with E-state index in [9.17, 15) is 0 Å². The van der Waals surface area contributed by atoms with Crippen molar-refractivity contribution in [3.8, 4) is 0 Å². The Morgan fingerprint density at radius 1 is 1.00 bits per heavy atom. The molecular formula is C19H31N3. The number of piperidine rings is 1. The first kappa shape index (κ1) is 15.8. The van der Waals surface area contributed by atoms with E-state index in [1.165, 1.54) is 76.0 Å². The van der Waals surface area contributed by atoms with Crippen molar-refractivity contribution >= 4 is 5.82 Å². The Morgan fingerprint density at radius 2 is 1.73 bits per heavy atom. The molecule has 0 saturated carbocycles. The van der Waals surface area contributed by atoms with Gasteiger partial charge in [-0.3, -0.25) is 4.90 Å². The summed E-state index contributed by atoms with van der Waals surface area (Å²) in [5, 5.41) is 0. The monoisotopic (exact) mass is 301 g/mol. The van der Waals surface area contributed by atoms with Gasteiger partial charge in [0.25, 0.3) is 0 Å². The molecule has 1 aromatic heterocycles. The van der Waals surface area contributed by atoms with E-state index >= 15 is 0 Å². The van der Waals surface area contributed by atoms with Gasteiger partial charge in [0.1, 0.15) is 5.82 Å². The molecule has 0 amide bonds. The topological polar surface area (TPSA) is 19.4 Å². The van der Waals surface area contributed by atoms with Crippen LogP contribution < -0.4 is 4.90 Å². The number of pyridine rings is 1. The van der Waals surface area contributed by atoms with E-state index in [1.807, 2.05) is 6.20 Å². The maximum atomic E-state index is 4.81. The third kappa shape index (κ3) is 3.45. The van der Waals surface area contributed by atoms with Gasteiger partial charge in [-0.25, -0.2) is 4.98 Å². The van der Waals surface area contributed by atoms with Crippen molar-refractivity contribution in [2.24, 2.45) is 0 Å². The second-order valence-corrected chi connectivity index (χ2v) is 7.16. The minimum absolute atomic E-state index is 0.556. The summed E-state index contributed by atoms with van der Waals surface area (Å²) in [6.07, 6.45) is 11.3. The summed E-state index contributed by atoms with van der Waals surface area (Å²) < 4.78 is 0. The zero-order chi connectivity index (χ0) is 15.4. The lowest BCUT2D eigenvalue weighted by molar-refractivity contribution is 0.112. The van der Waals surface area contributed by atoms with Crippen molar-refractivity contribution < 1.29 is 0 Å². The molecular weight excluding hydrogens is 270 g/mol. The molecule has 0 N–H and O–H groups in total. The van der Waals surface area contributed by atoms with E-state index in [0.29, 0.717) is 12.1 Å². The molecule has 2 aliphatic heterocycles. The van der Waals surface area contributed by atoms with Crippen LogP contribution in [0.2, 0.25) is 0 Å². The molecule has 3 heterocycles. The second-order valence-electron chi connectivity index (χ2n) is 7.16. The molecule has 3 heteroatoms. The third-order valence-corrected chi connectivity index (χ3v) is 5.29. The van der Waals surface area contributed by atoms with Crippen LogP contribution in [0.15, 0.2) is 18.3 Å². The van der Waals surface area contributed by atoms with Crippen molar-refractivity contribution in [3.63, 3.8) is 0 Å². The van der Waals surface area contributed by atoms with E-state index in [1.54, 1.807) is 0 Å². The summed E-state index contributed by atoms with van der Waals surface area (Å²) >= 11 is 0. The SMILES string of the molecule is CC(C)N1CCCC[C@@H]1c1cccnc1N1CCCCCC1. The molecule has 1 atom stereocenters. The molecule has 2 aliphatic rings. The Hall–Kier alpha value is -1.09. The van der Waals surface area contributed by atoms with E-state index < -0.39 is 0 Å². The number of hydrogen-bond donors (Lipinski definition) is 0. The van der Waals surface area contributed by atoms with Crippen molar-refractivity contribution in [1.82, 2.24) is 9.88 Å². The smallest absolute Gasteiger partial charge is 0.133 e. The lowest BCUT2D eigenvalue weighted by atomic mass is 9.94. The predicted molar refractivity (Wildman–Crippen MR) is 93.4 cm³/mol. The van der Waals surface area contributed by atoms with E-state index in [-0.39, 0.29) is 0 Å². The molecule has 0 aliphatic carbocycles. The van der Waals surface area contributed by atoms with Gasteiger partial charge in [-0.1, -0.05) is 25.3 Å². The van der Waals surface area contributed by atoms with Crippen LogP contribution in [0.25, 0.3) is 0 Å². The van der Waals surface area contributed by atoms with Crippen LogP contribution in [0.3, 0.4) is 0 Å². The molecule has 3 rings (SSSR count). The van der Waals surface area contributed by atoms with E-state index in [2.05, 4.69) is 35.8 Å². The van der Waals surface area contributed by atoms with Gasteiger partial charge in [-0.15, -0.1) is 0 Å². The quantitative estimate of drug-likeness (QED) is 0.825. The highest BCUT2D eigenvalue weighted by molar-refractivity contribution is 5.48. The molecule has 2 saturated heterocycles. The first-order chi connectivity index (χ1) is 10.8. The van der Waals surface area contributed by atoms with Crippen LogP contribution in [-0.2, 0) is 0 Å². The minimum atomic E-state index is 0.556. The second kappa shape index (κ2) is 7.45. The summed E-state index contributed by atoms with van der Waals surface area (Å²) in [6, 6.07) is 5.63. The van der Waals surface area contributed by atoms with Crippen LogP contribution in [0.4, 0.5) is 5.82 Å².